The molecule has 3 aromatic rings. The van der Waals surface area contributed by atoms with Crippen LogP contribution in [0.4, 0.5) is 17.3 Å². The van der Waals surface area contributed by atoms with Gasteiger partial charge in [-0.05, 0) is 18.6 Å². The Balaban J connectivity index is 1.63. The number of imidazole rings is 1. The zero-order valence-electron chi connectivity index (χ0n) is 14.0. The number of anilines is 2. The predicted octanol–water partition coefficient (Wildman–Crippen LogP) is 1.43. The van der Waals surface area contributed by atoms with Crippen LogP contribution in [0.1, 0.15) is 17.0 Å². The van der Waals surface area contributed by atoms with Gasteiger partial charge in [0, 0.05) is 25.5 Å². The van der Waals surface area contributed by atoms with Crippen LogP contribution < -0.4 is 16.2 Å². The largest absolute Gasteiger partial charge is 0.459 e. The van der Waals surface area contributed by atoms with Gasteiger partial charge in [-0.25, -0.2) is 15.0 Å². The number of nitro groups is 1. The maximum absolute atomic E-state index is 11.9. The minimum absolute atomic E-state index is 0.0513. The second kappa shape index (κ2) is 8.42. The number of amides is 1. The molecule has 0 radical (unpaired) electrons. The van der Waals surface area contributed by atoms with Crippen molar-refractivity contribution in [2.75, 3.05) is 17.3 Å². The zero-order valence-corrected chi connectivity index (χ0v) is 14.0. The number of hydrogen-bond donors (Lipinski definition) is 3. The summed E-state index contributed by atoms with van der Waals surface area (Å²) >= 11 is 0. The van der Waals surface area contributed by atoms with Gasteiger partial charge in [-0.2, -0.15) is 0 Å². The maximum atomic E-state index is 11.9. The van der Waals surface area contributed by atoms with E-state index in [1.165, 1.54) is 12.3 Å². The van der Waals surface area contributed by atoms with Crippen LogP contribution in [0, 0.1) is 10.1 Å². The van der Waals surface area contributed by atoms with Gasteiger partial charge in [0.2, 0.25) is 11.6 Å². The molecule has 0 spiro atoms. The van der Waals surface area contributed by atoms with E-state index in [9.17, 15) is 14.9 Å². The molecule has 3 N–H and O–H groups in total. The van der Waals surface area contributed by atoms with Gasteiger partial charge in [-0.15, -0.1) is 0 Å². The van der Waals surface area contributed by atoms with Crippen LogP contribution in [0.5, 0.6) is 0 Å². The lowest BCUT2D eigenvalue weighted by Crippen LogP contribution is -2.30. The summed E-state index contributed by atoms with van der Waals surface area (Å²) in [5, 5.41) is 14.4. The van der Waals surface area contributed by atoms with Crippen LogP contribution in [0.15, 0.2) is 47.9 Å². The molecule has 0 atom stereocenters. The summed E-state index contributed by atoms with van der Waals surface area (Å²) in [6, 6.07) is 3.01. The number of carbonyl (C=O) groups excluding carboxylic acids is 1. The van der Waals surface area contributed by atoms with Gasteiger partial charge in [0.1, 0.15) is 6.33 Å². The molecule has 140 valence electrons. The van der Waals surface area contributed by atoms with E-state index < -0.39 is 10.8 Å². The third-order valence-corrected chi connectivity index (χ3v) is 3.49. The predicted molar refractivity (Wildman–Crippen MR) is 93.8 cm³/mol. The highest BCUT2D eigenvalue weighted by Crippen LogP contribution is 2.28. The minimum Gasteiger partial charge on any atom is -0.459 e. The van der Waals surface area contributed by atoms with Crippen molar-refractivity contribution < 1.29 is 14.1 Å². The number of carbonyl (C=O) groups is 1. The summed E-state index contributed by atoms with van der Waals surface area (Å²) in [4.78, 5) is 34.4. The average Bonchev–Trinajstić information content (AvgIpc) is 3.36. The van der Waals surface area contributed by atoms with Gasteiger partial charge >= 0.3 is 11.6 Å². The van der Waals surface area contributed by atoms with Crippen LogP contribution >= 0.6 is 0 Å². The SMILES string of the molecule is O=C(NNc1ncnc(NCCCn2ccnc2)c1[N+](=O)[O-])c1ccco1. The van der Waals surface area contributed by atoms with Crippen molar-refractivity contribution in [3.63, 3.8) is 0 Å². The van der Waals surface area contributed by atoms with Crippen molar-refractivity contribution in [1.29, 1.82) is 0 Å². The third kappa shape index (κ3) is 4.56. The molecule has 12 heteroatoms. The van der Waals surface area contributed by atoms with E-state index in [1.54, 1.807) is 18.6 Å². The van der Waals surface area contributed by atoms with E-state index in [2.05, 4.69) is 31.1 Å². The van der Waals surface area contributed by atoms with Crippen molar-refractivity contribution >= 4 is 23.2 Å². The second-order valence-electron chi connectivity index (χ2n) is 5.31. The number of aryl methyl sites for hydroxylation is 1. The Morgan fingerprint density at radius 1 is 1.33 bits per heavy atom. The fraction of sp³-hybridized carbons (Fsp3) is 0.200. The van der Waals surface area contributed by atoms with Crippen molar-refractivity contribution in [2.24, 2.45) is 0 Å². The lowest BCUT2D eigenvalue weighted by atomic mass is 10.4. The van der Waals surface area contributed by atoms with Gasteiger partial charge in [0.25, 0.3) is 0 Å². The minimum atomic E-state index is -0.625. The Hall–Kier alpha value is -3.96. The summed E-state index contributed by atoms with van der Waals surface area (Å²) in [6.45, 7) is 1.16. The molecule has 0 saturated carbocycles. The first-order chi connectivity index (χ1) is 13.1. The fourth-order valence-electron chi connectivity index (χ4n) is 2.25. The van der Waals surface area contributed by atoms with E-state index >= 15 is 0 Å². The molecule has 0 saturated heterocycles. The zero-order chi connectivity index (χ0) is 19.1. The summed E-state index contributed by atoms with van der Waals surface area (Å²) in [5.74, 6) is -0.637. The molecule has 3 aromatic heterocycles. The molecule has 0 bridgehead atoms. The molecule has 27 heavy (non-hydrogen) atoms. The van der Waals surface area contributed by atoms with Gasteiger partial charge in [-0.3, -0.25) is 25.8 Å². The van der Waals surface area contributed by atoms with Gasteiger partial charge < -0.3 is 14.3 Å². The number of rotatable bonds is 9. The molecular weight excluding hydrogens is 356 g/mol. The Kier molecular flexibility index (Phi) is 5.57. The van der Waals surface area contributed by atoms with Crippen LogP contribution in [-0.4, -0.2) is 36.9 Å². The Morgan fingerprint density at radius 2 is 2.19 bits per heavy atom. The molecule has 0 aliphatic carbocycles. The highest BCUT2D eigenvalue weighted by atomic mass is 16.6. The average molecular weight is 372 g/mol. The van der Waals surface area contributed by atoms with E-state index in [-0.39, 0.29) is 23.1 Å². The monoisotopic (exact) mass is 372 g/mol. The van der Waals surface area contributed by atoms with Crippen molar-refractivity contribution in [2.45, 2.75) is 13.0 Å². The van der Waals surface area contributed by atoms with Crippen LogP contribution in [0.2, 0.25) is 0 Å². The summed E-state index contributed by atoms with van der Waals surface area (Å²) in [5.41, 5.74) is 4.35. The molecule has 0 aliphatic rings. The standard InChI is InChI=1S/C15H16N8O4/c24-15(11-3-1-8-27-11)21-20-14-12(23(25)26)13(18-9-19-14)17-4-2-6-22-7-5-16-10-22/h1,3,5,7-10H,2,4,6H2,(H,21,24)(H2,17,18,19,20). The molecule has 3 rings (SSSR count). The molecule has 3 heterocycles. The number of furan rings is 1. The lowest BCUT2D eigenvalue weighted by Gasteiger charge is -2.10. The molecule has 0 unspecified atom stereocenters. The molecule has 0 fully saturated rings. The van der Waals surface area contributed by atoms with E-state index in [1.807, 2.05) is 10.8 Å². The molecule has 0 aromatic carbocycles. The summed E-state index contributed by atoms with van der Waals surface area (Å²) in [6.07, 6.45) is 8.40. The van der Waals surface area contributed by atoms with Crippen LogP contribution in [-0.2, 0) is 6.54 Å². The first kappa shape index (κ1) is 17.8. The molecule has 12 nitrogen and oxygen atoms in total. The lowest BCUT2D eigenvalue weighted by molar-refractivity contribution is -0.383. The Bertz CT molecular complexity index is 895. The number of hydrazine groups is 1. The van der Waals surface area contributed by atoms with Crippen molar-refractivity contribution in [3.05, 3.63) is 59.3 Å². The first-order valence-corrected chi connectivity index (χ1v) is 7.94. The van der Waals surface area contributed by atoms with Crippen LogP contribution in [0.3, 0.4) is 0 Å². The highest BCUT2D eigenvalue weighted by molar-refractivity contribution is 5.92. The Labute approximate surface area is 152 Å². The van der Waals surface area contributed by atoms with E-state index in [0.717, 1.165) is 6.33 Å². The summed E-state index contributed by atoms with van der Waals surface area (Å²) in [7, 11) is 0. The molecular formula is C15H16N8O4. The normalized spacial score (nSPS) is 10.4. The molecule has 1 amide bonds. The number of hydrogen-bond acceptors (Lipinski definition) is 9. The van der Waals surface area contributed by atoms with Gasteiger partial charge in [0.05, 0.1) is 17.5 Å². The highest BCUT2D eigenvalue weighted by Gasteiger charge is 2.23. The topological polar surface area (TPSA) is 153 Å². The van der Waals surface area contributed by atoms with Gasteiger partial charge in [0.15, 0.2) is 5.76 Å². The smallest absolute Gasteiger partial charge is 0.354 e. The number of aromatic nitrogens is 4. The van der Waals surface area contributed by atoms with Crippen molar-refractivity contribution in [1.82, 2.24) is 24.9 Å². The summed E-state index contributed by atoms with van der Waals surface area (Å²) < 4.78 is 6.84. The fourth-order valence-corrected chi connectivity index (χ4v) is 2.25. The van der Waals surface area contributed by atoms with Crippen molar-refractivity contribution in [3.8, 4) is 0 Å². The van der Waals surface area contributed by atoms with E-state index in [4.69, 9.17) is 4.42 Å². The quantitative estimate of drug-likeness (QED) is 0.287. The number of nitrogens with zero attached hydrogens (tertiary/aromatic N) is 5. The number of nitrogens with one attached hydrogen (secondary N) is 3. The second-order valence-corrected chi connectivity index (χ2v) is 5.31. The third-order valence-electron chi connectivity index (χ3n) is 3.49. The molecule has 0 aliphatic heterocycles. The first-order valence-electron chi connectivity index (χ1n) is 7.94. The van der Waals surface area contributed by atoms with Crippen LogP contribution in [0.25, 0.3) is 0 Å². The Morgan fingerprint density at radius 3 is 2.89 bits per heavy atom. The van der Waals surface area contributed by atoms with E-state index in [0.29, 0.717) is 19.5 Å². The van der Waals surface area contributed by atoms with Gasteiger partial charge in [-0.1, -0.05) is 0 Å². The maximum Gasteiger partial charge on any atom is 0.354 e.